The Hall–Kier alpha value is -1.03. The van der Waals surface area contributed by atoms with E-state index in [9.17, 15) is 0 Å². The van der Waals surface area contributed by atoms with Gasteiger partial charge in [-0.3, -0.25) is 0 Å². The number of benzene rings is 1. The molecule has 3 nitrogen and oxygen atoms in total. The second-order valence-electron chi connectivity index (χ2n) is 2.95. The maximum atomic E-state index is 6.01. The van der Waals surface area contributed by atoms with Crippen molar-refractivity contribution in [3.05, 3.63) is 40.3 Å². The summed E-state index contributed by atoms with van der Waals surface area (Å²) in [5.41, 5.74) is 6.11. The zero-order chi connectivity index (χ0) is 10.8. The molecule has 0 amide bonds. The van der Waals surface area contributed by atoms with E-state index in [1.165, 1.54) is 0 Å². The van der Waals surface area contributed by atoms with Gasteiger partial charge in [0, 0.05) is 10.6 Å². The highest BCUT2D eigenvalue weighted by Gasteiger charge is 2.09. The van der Waals surface area contributed by atoms with Gasteiger partial charge in [-0.2, -0.15) is 0 Å². The van der Waals surface area contributed by atoms with Gasteiger partial charge in [0.2, 0.25) is 5.89 Å². The van der Waals surface area contributed by atoms with Crippen molar-refractivity contribution in [2.75, 3.05) is 0 Å². The lowest BCUT2D eigenvalue weighted by Gasteiger charge is -2.00. The predicted molar refractivity (Wildman–Crippen MR) is 59.9 cm³/mol. The molecule has 0 saturated carbocycles. The molecule has 0 unspecified atom stereocenters. The molecule has 0 aliphatic carbocycles. The molecule has 78 valence electrons. The maximum Gasteiger partial charge on any atom is 0.208 e. The molecule has 0 radical (unpaired) electrons. The second-order valence-corrected chi connectivity index (χ2v) is 3.79. The molecule has 0 atom stereocenters. The van der Waals surface area contributed by atoms with Gasteiger partial charge in [0.1, 0.15) is 0 Å². The Bertz CT molecular complexity index is 482. The second kappa shape index (κ2) is 4.23. The summed E-state index contributed by atoms with van der Waals surface area (Å²) in [4.78, 5) is 3.99. The van der Waals surface area contributed by atoms with Gasteiger partial charge in [0.05, 0.1) is 17.8 Å². The Balaban J connectivity index is 2.48. The minimum atomic E-state index is 0.262. The molecule has 1 heterocycles. The highest BCUT2D eigenvalue weighted by molar-refractivity contribution is 6.35. The molecule has 0 spiro atoms. The molecule has 0 aliphatic heterocycles. The van der Waals surface area contributed by atoms with Crippen LogP contribution in [0, 0.1) is 0 Å². The minimum absolute atomic E-state index is 0.262. The topological polar surface area (TPSA) is 52.0 Å². The van der Waals surface area contributed by atoms with Crippen LogP contribution in [-0.4, -0.2) is 4.98 Å². The van der Waals surface area contributed by atoms with Crippen molar-refractivity contribution in [1.29, 1.82) is 0 Å². The molecule has 0 bridgehead atoms. The highest BCUT2D eigenvalue weighted by Crippen LogP contribution is 2.30. The van der Waals surface area contributed by atoms with E-state index in [2.05, 4.69) is 4.98 Å². The van der Waals surface area contributed by atoms with Gasteiger partial charge in [-0.1, -0.05) is 23.2 Å². The number of nitrogens with two attached hydrogens (primary N) is 1. The summed E-state index contributed by atoms with van der Waals surface area (Å²) in [6.45, 7) is 0.262. The third-order valence-corrected chi connectivity index (χ3v) is 2.49. The number of oxazole rings is 1. The normalized spacial score (nSPS) is 10.6. The fraction of sp³-hybridized carbons (Fsp3) is 0.100. The molecule has 0 fully saturated rings. The Morgan fingerprint density at radius 1 is 1.33 bits per heavy atom. The Morgan fingerprint density at radius 3 is 2.80 bits per heavy atom. The van der Waals surface area contributed by atoms with Crippen molar-refractivity contribution in [3.63, 3.8) is 0 Å². The van der Waals surface area contributed by atoms with Gasteiger partial charge in [0.25, 0.3) is 0 Å². The van der Waals surface area contributed by atoms with Crippen LogP contribution in [0.25, 0.3) is 11.3 Å². The zero-order valence-corrected chi connectivity index (χ0v) is 9.22. The maximum absolute atomic E-state index is 6.01. The number of rotatable bonds is 2. The Morgan fingerprint density at radius 2 is 2.13 bits per heavy atom. The average molecular weight is 243 g/mol. The highest BCUT2D eigenvalue weighted by atomic mass is 35.5. The lowest BCUT2D eigenvalue weighted by atomic mass is 10.2. The van der Waals surface area contributed by atoms with Crippen molar-refractivity contribution in [2.45, 2.75) is 6.54 Å². The number of aromatic nitrogens is 1. The first-order valence-electron chi connectivity index (χ1n) is 4.31. The van der Waals surface area contributed by atoms with Crippen LogP contribution in [0.15, 0.2) is 28.8 Å². The molecule has 0 saturated heterocycles. The van der Waals surface area contributed by atoms with Gasteiger partial charge in [-0.05, 0) is 18.2 Å². The van der Waals surface area contributed by atoms with Crippen molar-refractivity contribution in [3.8, 4) is 11.3 Å². The number of hydrogen-bond acceptors (Lipinski definition) is 3. The minimum Gasteiger partial charge on any atom is -0.439 e. The molecular weight excluding hydrogens is 235 g/mol. The molecule has 1 aromatic heterocycles. The van der Waals surface area contributed by atoms with E-state index < -0.39 is 0 Å². The third kappa shape index (κ3) is 2.15. The molecule has 5 heteroatoms. The lowest BCUT2D eigenvalue weighted by molar-refractivity contribution is 0.509. The van der Waals surface area contributed by atoms with Crippen molar-refractivity contribution >= 4 is 23.2 Å². The lowest BCUT2D eigenvalue weighted by Crippen LogP contribution is -1.94. The SMILES string of the molecule is NCc1ncc(-c2cc(Cl)ccc2Cl)o1. The van der Waals surface area contributed by atoms with Gasteiger partial charge in [-0.25, -0.2) is 4.98 Å². The van der Waals surface area contributed by atoms with E-state index in [1.54, 1.807) is 24.4 Å². The third-order valence-electron chi connectivity index (χ3n) is 1.92. The number of halogens is 2. The zero-order valence-electron chi connectivity index (χ0n) is 7.71. The van der Waals surface area contributed by atoms with E-state index in [-0.39, 0.29) is 6.54 Å². The molecule has 2 N–H and O–H groups in total. The van der Waals surface area contributed by atoms with E-state index in [0.717, 1.165) is 5.56 Å². The Labute approximate surface area is 96.8 Å². The van der Waals surface area contributed by atoms with Crippen LogP contribution in [0.2, 0.25) is 10.0 Å². The first kappa shape index (κ1) is 10.5. The smallest absolute Gasteiger partial charge is 0.208 e. The predicted octanol–water partition coefficient (Wildman–Crippen LogP) is 3.11. The first-order valence-corrected chi connectivity index (χ1v) is 5.06. The van der Waals surface area contributed by atoms with E-state index >= 15 is 0 Å². The van der Waals surface area contributed by atoms with Crippen LogP contribution < -0.4 is 5.73 Å². The number of nitrogens with zero attached hydrogens (tertiary/aromatic N) is 1. The first-order chi connectivity index (χ1) is 7.20. The largest absolute Gasteiger partial charge is 0.439 e. The standard InChI is InChI=1S/C10H8Cl2N2O/c11-6-1-2-8(12)7(3-6)9-5-14-10(4-13)15-9/h1-3,5H,4,13H2. The van der Waals surface area contributed by atoms with Crippen LogP contribution in [0.3, 0.4) is 0 Å². The van der Waals surface area contributed by atoms with E-state index in [4.69, 9.17) is 33.4 Å². The Kier molecular flexibility index (Phi) is 2.95. The average Bonchev–Trinajstić information content (AvgIpc) is 2.70. The van der Waals surface area contributed by atoms with Gasteiger partial charge in [-0.15, -0.1) is 0 Å². The summed E-state index contributed by atoms with van der Waals surface area (Å²) in [5.74, 6) is 1.05. The molecule has 0 aliphatic rings. The number of hydrogen-bond donors (Lipinski definition) is 1. The monoisotopic (exact) mass is 242 g/mol. The van der Waals surface area contributed by atoms with Crippen LogP contribution in [0.1, 0.15) is 5.89 Å². The van der Waals surface area contributed by atoms with Gasteiger partial charge < -0.3 is 10.2 Å². The summed E-state index contributed by atoms with van der Waals surface area (Å²) < 4.78 is 5.38. The molecule has 15 heavy (non-hydrogen) atoms. The van der Waals surface area contributed by atoms with Crippen molar-refractivity contribution in [2.24, 2.45) is 5.73 Å². The summed E-state index contributed by atoms with van der Waals surface area (Å²) >= 11 is 11.9. The van der Waals surface area contributed by atoms with Crippen molar-refractivity contribution in [1.82, 2.24) is 4.98 Å². The fourth-order valence-corrected chi connectivity index (χ4v) is 1.60. The van der Waals surface area contributed by atoms with Crippen LogP contribution in [-0.2, 0) is 6.54 Å². The van der Waals surface area contributed by atoms with Crippen LogP contribution in [0.5, 0.6) is 0 Å². The molecule has 1 aromatic carbocycles. The van der Waals surface area contributed by atoms with E-state index in [1.807, 2.05) is 0 Å². The summed E-state index contributed by atoms with van der Waals surface area (Å²) in [6.07, 6.45) is 1.58. The summed E-state index contributed by atoms with van der Waals surface area (Å²) in [7, 11) is 0. The van der Waals surface area contributed by atoms with Gasteiger partial charge >= 0.3 is 0 Å². The molecule has 2 rings (SSSR count). The van der Waals surface area contributed by atoms with Crippen LogP contribution in [0.4, 0.5) is 0 Å². The summed E-state index contributed by atoms with van der Waals surface area (Å²) in [6, 6.07) is 5.15. The summed E-state index contributed by atoms with van der Waals surface area (Å²) in [5, 5.41) is 1.17. The van der Waals surface area contributed by atoms with Crippen molar-refractivity contribution < 1.29 is 4.42 Å². The van der Waals surface area contributed by atoms with Crippen LogP contribution >= 0.6 is 23.2 Å². The van der Waals surface area contributed by atoms with E-state index in [0.29, 0.717) is 21.7 Å². The molecule has 2 aromatic rings. The molecular formula is C10H8Cl2N2O. The quantitative estimate of drug-likeness (QED) is 0.881. The van der Waals surface area contributed by atoms with Gasteiger partial charge in [0.15, 0.2) is 5.76 Å². The fourth-order valence-electron chi connectivity index (χ4n) is 1.22.